The average molecular weight is 433 g/mol. The summed E-state index contributed by atoms with van der Waals surface area (Å²) < 4.78 is 0. The molecule has 0 spiro atoms. The highest BCUT2D eigenvalue weighted by Gasteiger charge is 2.26. The van der Waals surface area contributed by atoms with Gasteiger partial charge in [0.2, 0.25) is 0 Å². The number of pyridine rings is 3. The van der Waals surface area contributed by atoms with Gasteiger partial charge in [0.15, 0.2) is 0 Å². The summed E-state index contributed by atoms with van der Waals surface area (Å²) in [6, 6.07) is 7.76. The molecule has 1 aliphatic heterocycles. The highest BCUT2D eigenvalue weighted by molar-refractivity contribution is 5.92. The minimum Gasteiger partial charge on any atom is -0.368 e. The van der Waals surface area contributed by atoms with Crippen molar-refractivity contribution >= 4 is 22.6 Å². The second-order valence-electron chi connectivity index (χ2n) is 8.63. The van der Waals surface area contributed by atoms with E-state index in [-0.39, 0.29) is 11.5 Å². The van der Waals surface area contributed by atoms with Crippen LogP contribution in [0.15, 0.2) is 41.5 Å². The van der Waals surface area contributed by atoms with E-state index in [9.17, 15) is 9.59 Å². The first-order chi connectivity index (χ1) is 15.6. The number of nitrogens with zero attached hydrogens (tertiary/aromatic N) is 4. The van der Waals surface area contributed by atoms with Crippen LogP contribution in [0.2, 0.25) is 0 Å². The van der Waals surface area contributed by atoms with Crippen molar-refractivity contribution < 1.29 is 4.79 Å². The first kappa shape index (κ1) is 20.6. The van der Waals surface area contributed by atoms with E-state index in [2.05, 4.69) is 36.1 Å². The quantitative estimate of drug-likeness (QED) is 0.621. The molecule has 0 bridgehead atoms. The van der Waals surface area contributed by atoms with E-state index < -0.39 is 0 Å². The van der Waals surface area contributed by atoms with Crippen molar-refractivity contribution in [2.24, 2.45) is 0 Å². The monoisotopic (exact) mass is 432 g/mol. The number of anilines is 1. The fourth-order valence-electron chi connectivity index (χ4n) is 4.31. The molecule has 166 valence electrons. The van der Waals surface area contributed by atoms with Gasteiger partial charge in [-0.3, -0.25) is 19.5 Å². The standard InChI is InChI=1S/C24H28N6O2/c1-2-25-24(32)20-6-5-18(14-27-20)30-9-7-29(8-10-30)15-16-11-22-21(26-13-16)12-19(17-3-4-17)23(31)28-22/h5-6,11-14,17H,2-4,7-10,15H2,1H3,(H,25,32)(H,28,31). The van der Waals surface area contributed by atoms with Gasteiger partial charge in [-0.05, 0) is 55.5 Å². The number of carbonyl (C=O) groups is 1. The van der Waals surface area contributed by atoms with Gasteiger partial charge in [-0.25, -0.2) is 4.98 Å². The van der Waals surface area contributed by atoms with Crippen LogP contribution >= 0.6 is 0 Å². The SMILES string of the molecule is CCNC(=O)c1ccc(N2CCN(Cc3cnc4cc(C5CC5)c(=O)[nH]c4c3)CC2)cn1. The number of nitrogens with one attached hydrogen (secondary N) is 2. The molecule has 8 nitrogen and oxygen atoms in total. The van der Waals surface area contributed by atoms with Crippen molar-refractivity contribution in [3.05, 3.63) is 63.8 Å². The van der Waals surface area contributed by atoms with E-state index in [0.717, 1.165) is 73.4 Å². The smallest absolute Gasteiger partial charge is 0.269 e. The molecule has 0 unspecified atom stereocenters. The number of fused-ring (bicyclic) bond motifs is 1. The molecule has 4 heterocycles. The zero-order chi connectivity index (χ0) is 22.1. The van der Waals surface area contributed by atoms with Gasteiger partial charge >= 0.3 is 0 Å². The Hall–Kier alpha value is -3.26. The predicted octanol–water partition coefficient (Wildman–Crippen LogP) is 2.27. The van der Waals surface area contributed by atoms with Gasteiger partial charge in [-0.1, -0.05) is 0 Å². The largest absolute Gasteiger partial charge is 0.368 e. The summed E-state index contributed by atoms with van der Waals surface area (Å²) in [5, 5.41) is 2.77. The molecular weight excluding hydrogens is 404 g/mol. The van der Waals surface area contributed by atoms with Crippen molar-refractivity contribution in [1.29, 1.82) is 0 Å². The highest BCUT2D eigenvalue weighted by atomic mass is 16.1. The summed E-state index contributed by atoms with van der Waals surface area (Å²) in [4.78, 5) is 40.9. The maximum Gasteiger partial charge on any atom is 0.269 e. The van der Waals surface area contributed by atoms with Gasteiger partial charge in [-0.15, -0.1) is 0 Å². The van der Waals surface area contributed by atoms with Crippen molar-refractivity contribution in [2.75, 3.05) is 37.6 Å². The molecule has 3 aromatic heterocycles. The number of amides is 1. The topological polar surface area (TPSA) is 94.2 Å². The number of hydrogen-bond acceptors (Lipinski definition) is 6. The third-order valence-electron chi connectivity index (χ3n) is 6.26. The Kier molecular flexibility index (Phi) is 5.61. The minimum absolute atomic E-state index is 0.0272. The van der Waals surface area contributed by atoms with E-state index in [1.54, 1.807) is 12.3 Å². The summed E-state index contributed by atoms with van der Waals surface area (Å²) in [5.41, 5.74) is 5.17. The maximum atomic E-state index is 12.4. The first-order valence-electron chi connectivity index (χ1n) is 11.3. The van der Waals surface area contributed by atoms with E-state index in [1.165, 1.54) is 0 Å². The molecule has 0 radical (unpaired) electrons. The van der Waals surface area contributed by atoms with Crippen LogP contribution in [0.1, 0.15) is 47.3 Å². The number of rotatable bonds is 6. The molecule has 2 fully saturated rings. The van der Waals surface area contributed by atoms with E-state index in [0.29, 0.717) is 18.2 Å². The Morgan fingerprint density at radius 1 is 1.12 bits per heavy atom. The van der Waals surface area contributed by atoms with Gasteiger partial charge in [-0.2, -0.15) is 0 Å². The van der Waals surface area contributed by atoms with Crippen LogP contribution < -0.4 is 15.8 Å². The Morgan fingerprint density at radius 3 is 2.62 bits per heavy atom. The fourth-order valence-corrected chi connectivity index (χ4v) is 4.31. The lowest BCUT2D eigenvalue weighted by molar-refractivity contribution is 0.0951. The number of aromatic nitrogens is 3. The van der Waals surface area contributed by atoms with Crippen LogP contribution in [0.3, 0.4) is 0 Å². The summed E-state index contributed by atoms with van der Waals surface area (Å²) in [5.74, 6) is 0.277. The molecule has 1 saturated heterocycles. The van der Waals surface area contributed by atoms with E-state index in [4.69, 9.17) is 0 Å². The third-order valence-corrected chi connectivity index (χ3v) is 6.26. The number of carbonyl (C=O) groups excluding carboxylic acids is 1. The van der Waals surface area contributed by atoms with Crippen LogP contribution in [0.4, 0.5) is 5.69 Å². The summed E-state index contributed by atoms with van der Waals surface area (Å²) >= 11 is 0. The van der Waals surface area contributed by atoms with Crippen molar-refractivity contribution in [3.8, 4) is 0 Å². The average Bonchev–Trinajstić information content (AvgIpc) is 3.65. The van der Waals surface area contributed by atoms with Crippen molar-refractivity contribution in [3.63, 3.8) is 0 Å². The molecule has 32 heavy (non-hydrogen) atoms. The Labute approximate surface area is 186 Å². The number of hydrogen-bond donors (Lipinski definition) is 2. The molecule has 2 N–H and O–H groups in total. The van der Waals surface area contributed by atoms with Gasteiger partial charge in [0, 0.05) is 51.0 Å². The van der Waals surface area contributed by atoms with Crippen LogP contribution in [0.25, 0.3) is 11.0 Å². The normalized spacial score (nSPS) is 17.0. The zero-order valence-electron chi connectivity index (χ0n) is 18.3. The lowest BCUT2D eigenvalue weighted by atomic mass is 10.1. The zero-order valence-corrected chi connectivity index (χ0v) is 18.3. The van der Waals surface area contributed by atoms with E-state index in [1.807, 2.05) is 25.3 Å². The second kappa shape index (κ2) is 8.70. The molecule has 5 rings (SSSR count). The third kappa shape index (κ3) is 4.36. The Balaban J connectivity index is 1.20. The number of piperazine rings is 1. The first-order valence-corrected chi connectivity index (χ1v) is 11.3. The molecule has 8 heteroatoms. The predicted molar refractivity (Wildman–Crippen MR) is 124 cm³/mol. The fraction of sp³-hybridized carbons (Fsp3) is 0.417. The summed E-state index contributed by atoms with van der Waals surface area (Å²) in [6.07, 6.45) is 5.91. The Bertz CT molecular complexity index is 1180. The molecule has 0 aromatic carbocycles. The molecular formula is C24H28N6O2. The van der Waals surface area contributed by atoms with Crippen LogP contribution in [-0.4, -0.2) is 58.5 Å². The molecule has 1 amide bonds. The van der Waals surface area contributed by atoms with E-state index >= 15 is 0 Å². The van der Waals surface area contributed by atoms with Gasteiger partial charge < -0.3 is 15.2 Å². The Morgan fingerprint density at radius 2 is 1.94 bits per heavy atom. The molecule has 3 aromatic rings. The van der Waals surface area contributed by atoms with Crippen LogP contribution in [0, 0.1) is 0 Å². The van der Waals surface area contributed by atoms with Gasteiger partial charge in [0.05, 0.1) is 22.9 Å². The second-order valence-corrected chi connectivity index (χ2v) is 8.63. The summed E-state index contributed by atoms with van der Waals surface area (Å²) in [7, 11) is 0. The lowest BCUT2D eigenvalue weighted by Gasteiger charge is -2.36. The summed E-state index contributed by atoms with van der Waals surface area (Å²) in [6.45, 7) is 6.92. The lowest BCUT2D eigenvalue weighted by Crippen LogP contribution is -2.46. The molecule has 0 atom stereocenters. The number of aromatic amines is 1. The molecule has 1 aliphatic carbocycles. The van der Waals surface area contributed by atoms with Crippen molar-refractivity contribution in [1.82, 2.24) is 25.2 Å². The van der Waals surface area contributed by atoms with Gasteiger partial charge in [0.1, 0.15) is 5.69 Å². The maximum absolute atomic E-state index is 12.4. The molecule has 1 saturated carbocycles. The number of H-pyrrole nitrogens is 1. The van der Waals surface area contributed by atoms with Crippen LogP contribution in [0.5, 0.6) is 0 Å². The van der Waals surface area contributed by atoms with Gasteiger partial charge in [0.25, 0.3) is 11.5 Å². The molecule has 2 aliphatic rings. The van der Waals surface area contributed by atoms with Crippen molar-refractivity contribution in [2.45, 2.75) is 32.2 Å². The minimum atomic E-state index is -0.141. The van der Waals surface area contributed by atoms with Crippen LogP contribution in [-0.2, 0) is 6.54 Å². The highest BCUT2D eigenvalue weighted by Crippen LogP contribution is 2.38.